The SMILES string of the molecule is COc1cc(N(C)CCN(C)C)c([N+](=O)[O-])cc1Nc1ncc(C#N)cn1. The van der Waals surface area contributed by atoms with Crippen LogP contribution in [0.2, 0.25) is 0 Å². The summed E-state index contributed by atoms with van der Waals surface area (Å²) in [6, 6.07) is 4.93. The molecule has 0 atom stereocenters. The van der Waals surface area contributed by atoms with E-state index in [1.165, 1.54) is 25.6 Å². The van der Waals surface area contributed by atoms with Gasteiger partial charge in [0.05, 0.1) is 35.7 Å². The minimum absolute atomic E-state index is 0.0619. The van der Waals surface area contributed by atoms with Crippen molar-refractivity contribution in [3.05, 3.63) is 40.2 Å². The van der Waals surface area contributed by atoms with Crippen LogP contribution in [-0.4, -0.2) is 61.1 Å². The second-order valence-corrected chi connectivity index (χ2v) is 6.06. The van der Waals surface area contributed by atoms with E-state index in [0.717, 1.165) is 6.54 Å². The molecular weight excluding hydrogens is 350 g/mol. The molecule has 2 aromatic rings. The molecule has 0 aliphatic heterocycles. The van der Waals surface area contributed by atoms with Gasteiger partial charge in [-0.2, -0.15) is 5.26 Å². The topological polar surface area (TPSA) is 120 Å². The summed E-state index contributed by atoms with van der Waals surface area (Å²) >= 11 is 0. The highest BCUT2D eigenvalue weighted by Gasteiger charge is 2.22. The highest BCUT2D eigenvalue weighted by atomic mass is 16.6. The number of nitro benzene ring substituents is 1. The maximum absolute atomic E-state index is 11.6. The molecule has 0 unspecified atom stereocenters. The zero-order chi connectivity index (χ0) is 20.0. The number of anilines is 3. The lowest BCUT2D eigenvalue weighted by Gasteiger charge is -2.22. The van der Waals surface area contributed by atoms with Gasteiger partial charge >= 0.3 is 0 Å². The Balaban J connectivity index is 2.39. The van der Waals surface area contributed by atoms with E-state index in [1.54, 1.807) is 13.1 Å². The van der Waals surface area contributed by atoms with Gasteiger partial charge in [0.25, 0.3) is 5.69 Å². The average molecular weight is 371 g/mol. The van der Waals surface area contributed by atoms with Crippen LogP contribution in [0.1, 0.15) is 5.56 Å². The van der Waals surface area contributed by atoms with E-state index in [4.69, 9.17) is 10.00 Å². The molecule has 0 amide bonds. The fourth-order valence-electron chi connectivity index (χ4n) is 2.32. The van der Waals surface area contributed by atoms with Gasteiger partial charge < -0.3 is 19.9 Å². The zero-order valence-corrected chi connectivity index (χ0v) is 15.6. The normalized spacial score (nSPS) is 10.4. The molecule has 0 aliphatic rings. The van der Waals surface area contributed by atoms with Gasteiger partial charge in [-0.25, -0.2) is 9.97 Å². The van der Waals surface area contributed by atoms with E-state index in [1.807, 2.05) is 30.0 Å². The number of nitrogens with zero attached hydrogens (tertiary/aromatic N) is 6. The van der Waals surface area contributed by atoms with Gasteiger partial charge in [-0.05, 0) is 14.1 Å². The quantitative estimate of drug-likeness (QED) is 0.548. The molecule has 10 heteroatoms. The third kappa shape index (κ3) is 5.02. The molecule has 2 rings (SSSR count). The number of methoxy groups -OCH3 is 1. The molecule has 1 aromatic heterocycles. The zero-order valence-electron chi connectivity index (χ0n) is 15.6. The van der Waals surface area contributed by atoms with Crippen LogP contribution >= 0.6 is 0 Å². The summed E-state index contributed by atoms with van der Waals surface area (Å²) in [7, 11) is 7.15. The molecule has 1 heterocycles. The molecule has 0 aliphatic carbocycles. The van der Waals surface area contributed by atoms with Crippen LogP contribution < -0.4 is 15.0 Å². The van der Waals surface area contributed by atoms with Crippen molar-refractivity contribution in [2.75, 3.05) is 51.6 Å². The molecule has 1 aromatic carbocycles. The summed E-state index contributed by atoms with van der Waals surface area (Å²) in [4.78, 5) is 23.0. The molecule has 142 valence electrons. The van der Waals surface area contributed by atoms with Gasteiger partial charge in [0.15, 0.2) is 0 Å². The summed E-state index contributed by atoms with van der Waals surface area (Å²) in [5, 5.41) is 23.3. The van der Waals surface area contributed by atoms with Gasteiger partial charge in [0.2, 0.25) is 5.95 Å². The smallest absolute Gasteiger partial charge is 0.294 e. The molecule has 27 heavy (non-hydrogen) atoms. The highest BCUT2D eigenvalue weighted by molar-refractivity contribution is 5.76. The van der Waals surface area contributed by atoms with Crippen LogP contribution in [0.4, 0.5) is 23.0 Å². The Bertz CT molecular complexity index is 847. The molecule has 1 N–H and O–H groups in total. The predicted octanol–water partition coefficient (Wildman–Crippen LogP) is 2.01. The Kier molecular flexibility index (Phi) is 6.46. The maximum Gasteiger partial charge on any atom is 0.294 e. The second kappa shape index (κ2) is 8.77. The van der Waals surface area contributed by atoms with Crippen molar-refractivity contribution in [2.45, 2.75) is 0 Å². The van der Waals surface area contributed by atoms with Crippen molar-refractivity contribution in [2.24, 2.45) is 0 Å². The lowest BCUT2D eigenvalue weighted by molar-refractivity contribution is -0.384. The Morgan fingerprint density at radius 1 is 1.26 bits per heavy atom. The molecule has 0 fully saturated rings. The molecule has 0 radical (unpaired) electrons. The first-order valence-corrected chi connectivity index (χ1v) is 8.07. The number of nitrogens with one attached hydrogen (secondary N) is 1. The van der Waals surface area contributed by atoms with Crippen LogP contribution in [0.5, 0.6) is 5.75 Å². The van der Waals surface area contributed by atoms with E-state index >= 15 is 0 Å². The monoisotopic (exact) mass is 371 g/mol. The van der Waals surface area contributed by atoms with Crippen LogP contribution in [0.15, 0.2) is 24.5 Å². The van der Waals surface area contributed by atoms with Gasteiger partial charge in [0.1, 0.15) is 17.5 Å². The predicted molar refractivity (Wildman–Crippen MR) is 102 cm³/mol. The lowest BCUT2D eigenvalue weighted by atomic mass is 10.2. The van der Waals surface area contributed by atoms with E-state index in [9.17, 15) is 10.1 Å². The molecule has 10 nitrogen and oxygen atoms in total. The van der Waals surface area contributed by atoms with Gasteiger partial charge in [-0.3, -0.25) is 10.1 Å². The van der Waals surface area contributed by atoms with Crippen LogP contribution in [-0.2, 0) is 0 Å². The van der Waals surface area contributed by atoms with E-state index in [2.05, 4.69) is 15.3 Å². The van der Waals surface area contributed by atoms with Crippen molar-refractivity contribution < 1.29 is 9.66 Å². The van der Waals surface area contributed by atoms with Crippen LogP contribution in [0.3, 0.4) is 0 Å². The van der Waals surface area contributed by atoms with Crippen molar-refractivity contribution in [1.82, 2.24) is 14.9 Å². The van der Waals surface area contributed by atoms with Gasteiger partial charge in [-0.15, -0.1) is 0 Å². The van der Waals surface area contributed by atoms with E-state index < -0.39 is 4.92 Å². The van der Waals surface area contributed by atoms with Crippen LogP contribution in [0, 0.1) is 21.4 Å². The standard InChI is InChI=1S/C17H21N7O3/c1-22(2)5-6-23(3)14-8-16(27-4)13(7-15(14)24(25)26)21-17-19-10-12(9-18)11-20-17/h7-8,10-11H,5-6H2,1-4H3,(H,19,20,21). The number of nitro groups is 1. The first-order chi connectivity index (χ1) is 12.8. The third-order valence-electron chi connectivity index (χ3n) is 3.81. The number of rotatable bonds is 8. The van der Waals surface area contributed by atoms with Crippen molar-refractivity contribution >= 4 is 23.0 Å². The summed E-state index contributed by atoms with van der Waals surface area (Å²) < 4.78 is 5.38. The minimum Gasteiger partial charge on any atom is -0.494 e. The van der Waals surface area contributed by atoms with Gasteiger partial charge in [0, 0.05) is 32.3 Å². The third-order valence-corrected chi connectivity index (χ3v) is 3.81. The largest absolute Gasteiger partial charge is 0.494 e. The van der Waals surface area contributed by atoms with E-state index in [-0.39, 0.29) is 11.6 Å². The fraction of sp³-hybridized carbons (Fsp3) is 0.353. The molecule has 0 saturated heterocycles. The molecular formula is C17H21N7O3. The Morgan fingerprint density at radius 2 is 1.93 bits per heavy atom. The van der Waals surface area contributed by atoms with Crippen molar-refractivity contribution in [3.8, 4) is 11.8 Å². The Morgan fingerprint density at radius 3 is 2.44 bits per heavy atom. The summed E-state index contributed by atoms with van der Waals surface area (Å²) in [5.74, 6) is 0.621. The van der Waals surface area contributed by atoms with Crippen molar-refractivity contribution in [1.29, 1.82) is 5.26 Å². The number of nitriles is 1. The Labute approximate surface area is 157 Å². The van der Waals surface area contributed by atoms with E-state index in [0.29, 0.717) is 29.2 Å². The second-order valence-electron chi connectivity index (χ2n) is 6.06. The fourth-order valence-corrected chi connectivity index (χ4v) is 2.32. The molecule has 0 spiro atoms. The molecule has 0 saturated carbocycles. The summed E-state index contributed by atoms with van der Waals surface area (Å²) in [5.41, 5.74) is 1.06. The van der Waals surface area contributed by atoms with Crippen LogP contribution in [0.25, 0.3) is 0 Å². The van der Waals surface area contributed by atoms with Crippen molar-refractivity contribution in [3.63, 3.8) is 0 Å². The summed E-state index contributed by atoms with van der Waals surface area (Å²) in [6.07, 6.45) is 2.72. The first kappa shape index (κ1) is 19.9. The first-order valence-electron chi connectivity index (χ1n) is 8.07. The summed E-state index contributed by atoms with van der Waals surface area (Å²) in [6.45, 7) is 1.36. The number of benzene rings is 1. The number of hydrogen-bond acceptors (Lipinski definition) is 9. The average Bonchev–Trinajstić information content (AvgIpc) is 2.66. The minimum atomic E-state index is -0.439. The maximum atomic E-state index is 11.6. The highest BCUT2D eigenvalue weighted by Crippen LogP contribution is 2.38. The Hall–Kier alpha value is -3.45. The molecule has 0 bridgehead atoms. The lowest BCUT2D eigenvalue weighted by Crippen LogP contribution is -2.28. The number of likely N-dealkylation sites (N-methyl/N-ethyl adjacent to an activating group) is 2. The number of ether oxygens (including phenoxy) is 1. The number of aromatic nitrogens is 2. The van der Waals surface area contributed by atoms with Gasteiger partial charge in [-0.1, -0.05) is 0 Å². The number of hydrogen-bond donors (Lipinski definition) is 1.